The second kappa shape index (κ2) is 7.67. The Hall–Kier alpha value is -2.60. The lowest BCUT2D eigenvalue weighted by Gasteiger charge is -2.34. The number of nitrogens with zero attached hydrogens (tertiary/aromatic N) is 2. The summed E-state index contributed by atoms with van der Waals surface area (Å²) in [6, 6.07) is 8.48. The molecule has 29 heavy (non-hydrogen) atoms. The first-order valence-corrected chi connectivity index (χ1v) is 10.6. The van der Waals surface area contributed by atoms with Gasteiger partial charge in [0.1, 0.15) is 17.7 Å². The Morgan fingerprint density at radius 1 is 1.14 bits per heavy atom. The highest BCUT2D eigenvalue weighted by molar-refractivity contribution is 5.98. The number of nitrogens with one attached hydrogen (secondary N) is 1. The summed E-state index contributed by atoms with van der Waals surface area (Å²) >= 11 is 0. The van der Waals surface area contributed by atoms with Crippen LogP contribution in [0.4, 0.5) is 5.82 Å². The first-order valence-electron chi connectivity index (χ1n) is 10.6. The molecule has 0 bridgehead atoms. The molecule has 6 nitrogen and oxygen atoms in total. The average molecular weight is 393 g/mol. The summed E-state index contributed by atoms with van der Waals surface area (Å²) in [6.45, 7) is 6.00. The summed E-state index contributed by atoms with van der Waals surface area (Å²) in [5, 5.41) is 2.85. The molecule has 1 aromatic heterocycles. The van der Waals surface area contributed by atoms with Crippen molar-refractivity contribution in [2.24, 2.45) is 0 Å². The minimum Gasteiger partial charge on any atom is -0.490 e. The number of fused-ring (bicyclic) bond motifs is 2. The molecular weight excluding hydrogens is 366 g/mol. The zero-order valence-corrected chi connectivity index (χ0v) is 16.9. The van der Waals surface area contributed by atoms with Gasteiger partial charge in [0.2, 0.25) is 0 Å². The molecule has 0 aliphatic carbocycles. The van der Waals surface area contributed by atoms with E-state index in [0.717, 1.165) is 80.4 Å². The van der Waals surface area contributed by atoms with E-state index in [1.165, 1.54) is 11.1 Å². The number of pyridine rings is 1. The van der Waals surface area contributed by atoms with Crippen LogP contribution in [0.3, 0.4) is 0 Å². The van der Waals surface area contributed by atoms with E-state index in [0.29, 0.717) is 6.54 Å². The quantitative estimate of drug-likeness (QED) is 0.869. The van der Waals surface area contributed by atoms with Gasteiger partial charge in [-0.15, -0.1) is 0 Å². The Morgan fingerprint density at radius 3 is 2.76 bits per heavy atom. The van der Waals surface area contributed by atoms with Crippen molar-refractivity contribution in [3.05, 3.63) is 52.2 Å². The summed E-state index contributed by atoms with van der Waals surface area (Å²) in [6.07, 6.45) is 4.11. The number of anilines is 1. The molecule has 1 fully saturated rings. The standard InChI is InChI=1S/C23H27N3O3/c1-15-12-20-21(14-24-23(20)27)25-22(15)26-8-4-18(5-9-26)29-19-3-2-16-6-10-28-11-7-17(16)13-19/h2-3,12-13,18H,4-11,14H2,1H3,(H,24,27). The van der Waals surface area contributed by atoms with Gasteiger partial charge < -0.3 is 19.7 Å². The van der Waals surface area contributed by atoms with Crippen molar-refractivity contribution in [1.82, 2.24) is 10.3 Å². The van der Waals surface area contributed by atoms with Crippen LogP contribution in [0.5, 0.6) is 5.75 Å². The molecule has 6 heteroatoms. The number of ether oxygens (including phenoxy) is 2. The van der Waals surface area contributed by atoms with Gasteiger partial charge in [0, 0.05) is 25.9 Å². The molecule has 0 unspecified atom stereocenters. The number of benzene rings is 1. The van der Waals surface area contributed by atoms with Gasteiger partial charge in [0.15, 0.2) is 0 Å². The maximum Gasteiger partial charge on any atom is 0.253 e. The molecule has 1 amide bonds. The minimum atomic E-state index is -0.0124. The van der Waals surface area contributed by atoms with Gasteiger partial charge in [-0.3, -0.25) is 4.79 Å². The first-order chi connectivity index (χ1) is 14.2. The van der Waals surface area contributed by atoms with Crippen LogP contribution in [0.1, 0.15) is 45.6 Å². The van der Waals surface area contributed by atoms with Crippen LogP contribution in [0.15, 0.2) is 24.3 Å². The van der Waals surface area contributed by atoms with Crippen LogP contribution in [0.25, 0.3) is 0 Å². The minimum absolute atomic E-state index is 0.0124. The molecule has 0 atom stereocenters. The highest BCUT2D eigenvalue weighted by Gasteiger charge is 2.26. The molecule has 0 radical (unpaired) electrons. The molecule has 4 heterocycles. The number of aromatic nitrogens is 1. The van der Waals surface area contributed by atoms with E-state index in [9.17, 15) is 4.79 Å². The van der Waals surface area contributed by atoms with Gasteiger partial charge in [-0.05, 0) is 54.7 Å². The summed E-state index contributed by atoms with van der Waals surface area (Å²) < 4.78 is 11.9. The van der Waals surface area contributed by atoms with Crippen molar-refractivity contribution < 1.29 is 14.3 Å². The van der Waals surface area contributed by atoms with Crippen molar-refractivity contribution in [3.8, 4) is 5.75 Å². The number of piperidine rings is 1. The first kappa shape index (κ1) is 18.4. The molecule has 3 aliphatic rings. The summed E-state index contributed by atoms with van der Waals surface area (Å²) in [5.41, 5.74) is 5.39. The molecule has 1 aromatic carbocycles. The maximum absolute atomic E-state index is 11.8. The fraction of sp³-hybridized carbons (Fsp3) is 0.478. The van der Waals surface area contributed by atoms with Gasteiger partial charge >= 0.3 is 0 Å². The molecule has 152 valence electrons. The third kappa shape index (κ3) is 3.69. The predicted molar refractivity (Wildman–Crippen MR) is 111 cm³/mol. The number of carbonyl (C=O) groups is 1. The average Bonchev–Trinajstić information content (AvgIpc) is 2.94. The summed E-state index contributed by atoms with van der Waals surface area (Å²) in [5.74, 6) is 1.96. The largest absolute Gasteiger partial charge is 0.490 e. The fourth-order valence-corrected chi connectivity index (χ4v) is 4.55. The predicted octanol–water partition coefficient (Wildman–Crippen LogP) is 2.80. The van der Waals surface area contributed by atoms with Gasteiger partial charge in [0.25, 0.3) is 5.91 Å². The van der Waals surface area contributed by atoms with Gasteiger partial charge in [-0.2, -0.15) is 0 Å². The van der Waals surface area contributed by atoms with E-state index in [-0.39, 0.29) is 12.0 Å². The monoisotopic (exact) mass is 393 g/mol. The molecule has 0 spiro atoms. The number of hydrogen-bond donors (Lipinski definition) is 1. The van der Waals surface area contributed by atoms with Gasteiger partial charge in [-0.25, -0.2) is 4.98 Å². The van der Waals surface area contributed by atoms with Crippen molar-refractivity contribution in [3.63, 3.8) is 0 Å². The number of amides is 1. The lowest BCUT2D eigenvalue weighted by atomic mass is 10.0. The second-order valence-corrected chi connectivity index (χ2v) is 8.15. The Morgan fingerprint density at radius 2 is 1.93 bits per heavy atom. The van der Waals surface area contributed by atoms with Crippen molar-refractivity contribution in [1.29, 1.82) is 0 Å². The SMILES string of the molecule is Cc1cc2c(nc1N1CCC(Oc3ccc4c(c3)CCOCC4)CC1)CNC2=O. The molecule has 1 N–H and O–H groups in total. The lowest BCUT2D eigenvalue weighted by Crippen LogP contribution is -2.39. The van der Waals surface area contributed by atoms with Crippen LogP contribution >= 0.6 is 0 Å². The molecular formula is C23H27N3O3. The molecule has 5 rings (SSSR count). The van der Waals surface area contributed by atoms with Crippen molar-refractivity contribution in [2.45, 2.75) is 45.3 Å². The highest BCUT2D eigenvalue weighted by atomic mass is 16.5. The number of aryl methyl sites for hydroxylation is 1. The van der Waals surface area contributed by atoms with Gasteiger partial charge in [0.05, 0.1) is 31.0 Å². The summed E-state index contributed by atoms with van der Waals surface area (Å²) in [7, 11) is 0. The number of hydrogen-bond acceptors (Lipinski definition) is 5. The fourth-order valence-electron chi connectivity index (χ4n) is 4.55. The van der Waals surface area contributed by atoms with Crippen LogP contribution in [0, 0.1) is 6.92 Å². The number of carbonyl (C=O) groups excluding carboxylic acids is 1. The zero-order valence-electron chi connectivity index (χ0n) is 16.9. The van der Waals surface area contributed by atoms with E-state index in [1.807, 2.05) is 13.0 Å². The lowest BCUT2D eigenvalue weighted by molar-refractivity contribution is 0.0965. The third-order valence-corrected chi connectivity index (χ3v) is 6.18. The summed E-state index contributed by atoms with van der Waals surface area (Å²) in [4.78, 5) is 19.0. The maximum atomic E-state index is 11.8. The second-order valence-electron chi connectivity index (χ2n) is 8.15. The van der Waals surface area contributed by atoms with E-state index < -0.39 is 0 Å². The van der Waals surface area contributed by atoms with E-state index in [4.69, 9.17) is 14.5 Å². The van der Waals surface area contributed by atoms with Crippen LogP contribution in [-0.2, 0) is 24.1 Å². The Bertz CT molecular complexity index is 935. The molecule has 0 saturated carbocycles. The van der Waals surface area contributed by atoms with E-state index >= 15 is 0 Å². The van der Waals surface area contributed by atoms with Crippen molar-refractivity contribution >= 4 is 11.7 Å². The Kier molecular flexibility index (Phi) is 4.87. The number of rotatable bonds is 3. The Labute approximate surface area is 171 Å². The van der Waals surface area contributed by atoms with Crippen LogP contribution in [-0.4, -0.2) is 43.3 Å². The highest BCUT2D eigenvalue weighted by Crippen LogP contribution is 2.28. The van der Waals surface area contributed by atoms with E-state index in [1.54, 1.807) is 0 Å². The van der Waals surface area contributed by atoms with Gasteiger partial charge in [-0.1, -0.05) is 6.07 Å². The molecule has 2 aromatic rings. The molecule has 3 aliphatic heterocycles. The zero-order chi connectivity index (χ0) is 19.8. The Balaban J connectivity index is 1.23. The smallest absolute Gasteiger partial charge is 0.253 e. The van der Waals surface area contributed by atoms with E-state index in [2.05, 4.69) is 28.4 Å². The molecule has 1 saturated heterocycles. The third-order valence-electron chi connectivity index (χ3n) is 6.18. The van der Waals surface area contributed by atoms with Crippen molar-refractivity contribution in [2.75, 3.05) is 31.2 Å². The normalized spacial score (nSPS) is 19.3. The van der Waals surface area contributed by atoms with Crippen LogP contribution in [0.2, 0.25) is 0 Å². The topological polar surface area (TPSA) is 63.7 Å². The van der Waals surface area contributed by atoms with Crippen LogP contribution < -0.4 is 15.0 Å².